The van der Waals surface area contributed by atoms with Gasteiger partial charge in [-0.1, -0.05) is 13.8 Å². The molecule has 23 heavy (non-hydrogen) atoms. The third-order valence-electron chi connectivity index (χ3n) is 4.55. The van der Waals surface area contributed by atoms with Crippen LogP contribution in [0.25, 0.3) is 11.0 Å². The third-order valence-corrected chi connectivity index (χ3v) is 4.55. The van der Waals surface area contributed by atoms with Crippen molar-refractivity contribution >= 4 is 16.9 Å². The van der Waals surface area contributed by atoms with Gasteiger partial charge in [0.05, 0.1) is 0 Å². The minimum atomic E-state index is -0.241. The molecule has 0 saturated carbocycles. The highest BCUT2D eigenvalue weighted by molar-refractivity contribution is 5.97. The van der Waals surface area contributed by atoms with E-state index >= 15 is 0 Å². The number of carbonyl (C=O) groups excluding carboxylic acids is 1. The summed E-state index contributed by atoms with van der Waals surface area (Å²) in [5, 5.41) is 0.829. The number of piperidine rings is 1. The predicted octanol–water partition coefficient (Wildman–Crippen LogP) is 2.53. The van der Waals surface area contributed by atoms with Gasteiger partial charge in [0.1, 0.15) is 11.2 Å². The Bertz CT molecular complexity index is 786. The Morgan fingerprint density at radius 1 is 1.30 bits per heavy atom. The second kappa shape index (κ2) is 6.14. The van der Waals surface area contributed by atoms with Crippen LogP contribution in [0.1, 0.15) is 37.6 Å². The van der Waals surface area contributed by atoms with E-state index in [1.807, 2.05) is 24.0 Å². The first-order chi connectivity index (χ1) is 11.0. The maximum absolute atomic E-state index is 12.9. The smallest absolute Gasteiger partial charge is 0.265 e. The van der Waals surface area contributed by atoms with E-state index in [1.54, 1.807) is 16.8 Å². The second-order valence-corrected chi connectivity index (χ2v) is 6.68. The zero-order valence-electron chi connectivity index (χ0n) is 14.0. The number of aryl methyl sites for hydroxylation is 1. The van der Waals surface area contributed by atoms with Gasteiger partial charge in [-0.05, 0) is 43.4 Å². The molecule has 0 N–H and O–H groups in total. The van der Waals surface area contributed by atoms with Gasteiger partial charge in [0.15, 0.2) is 0 Å². The van der Waals surface area contributed by atoms with Crippen LogP contribution in [-0.4, -0.2) is 33.4 Å². The standard InChI is InChI=1S/C18H23N3O2/c1-4-21-16-14(6-5-7-19-16)9-15(18(21)23)17(22)20-10-12(2)8-13(3)11-20/h5-7,9,12-13H,4,8,10-11H2,1-3H3. The predicted molar refractivity (Wildman–Crippen MR) is 90.5 cm³/mol. The number of nitrogens with zero attached hydrogens (tertiary/aromatic N) is 3. The first kappa shape index (κ1) is 15.7. The number of hydrogen-bond donors (Lipinski definition) is 0. The molecule has 1 fully saturated rings. The van der Waals surface area contributed by atoms with Crippen LogP contribution in [0, 0.1) is 11.8 Å². The summed E-state index contributed by atoms with van der Waals surface area (Å²) in [6, 6.07) is 5.42. The van der Waals surface area contributed by atoms with Gasteiger partial charge in [0, 0.05) is 31.2 Å². The monoisotopic (exact) mass is 313 g/mol. The van der Waals surface area contributed by atoms with Gasteiger partial charge in [-0.2, -0.15) is 0 Å². The van der Waals surface area contributed by atoms with E-state index < -0.39 is 0 Å². The summed E-state index contributed by atoms with van der Waals surface area (Å²) in [6.07, 6.45) is 2.80. The SMILES string of the molecule is CCn1c(=O)c(C(=O)N2CC(C)CC(C)C2)cc2cccnc21. The van der Waals surface area contributed by atoms with E-state index in [1.165, 1.54) is 0 Å². The summed E-state index contributed by atoms with van der Waals surface area (Å²) in [7, 11) is 0. The molecule has 0 radical (unpaired) electrons. The molecule has 1 aliphatic rings. The van der Waals surface area contributed by atoms with Crippen molar-refractivity contribution in [3.05, 3.63) is 40.3 Å². The molecule has 122 valence electrons. The van der Waals surface area contributed by atoms with E-state index in [0.717, 1.165) is 24.9 Å². The van der Waals surface area contributed by atoms with Crippen LogP contribution >= 0.6 is 0 Å². The van der Waals surface area contributed by atoms with Crippen molar-refractivity contribution in [2.45, 2.75) is 33.7 Å². The molecule has 0 aliphatic carbocycles. The van der Waals surface area contributed by atoms with Crippen LogP contribution in [0.5, 0.6) is 0 Å². The topological polar surface area (TPSA) is 55.2 Å². The van der Waals surface area contributed by atoms with Crippen molar-refractivity contribution in [3.8, 4) is 0 Å². The Morgan fingerprint density at radius 3 is 2.65 bits per heavy atom. The fourth-order valence-electron chi connectivity index (χ4n) is 3.65. The first-order valence-corrected chi connectivity index (χ1v) is 8.29. The van der Waals surface area contributed by atoms with Crippen molar-refractivity contribution in [2.75, 3.05) is 13.1 Å². The molecule has 5 heteroatoms. The third kappa shape index (κ3) is 2.87. The highest BCUT2D eigenvalue weighted by Gasteiger charge is 2.28. The summed E-state index contributed by atoms with van der Waals surface area (Å²) >= 11 is 0. The molecular weight excluding hydrogens is 290 g/mol. The quantitative estimate of drug-likeness (QED) is 0.856. The van der Waals surface area contributed by atoms with Crippen molar-refractivity contribution in [1.82, 2.24) is 14.5 Å². The van der Waals surface area contributed by atoms with Crippen molar-refractivity contribution < 1.29 is 4.79 Å². The Labute approximate surface area is 135 Å². The van der Waals surface area contributed by atoms with Gasteiger partial charge in [0.25, 0.3) is 11.5 Å². The number of hydrogen-bond acceptors (Lipinski definition) is 3. The van der Waals surface area contributed by atoms with Crippen molar-refractivity contribution in [3.63, 3.8) is 0 Å². The van der Waals surface area contributed by atoms with Crippen LogP contribution in [0.15, 0.2) is 29.2 Å². The van der Waals surface area contributed by atoms with E-state index in [4.69, 9.17) is 0 Å². The van der Waals surface area contributed by atoms with E-state index in [0.29, 0.717) is 24.0 Å². The second-order valence-electron chi connectivity index (χ2n) is 6.68. The van der Waals surface area contributed by atoms with Gasteiger partial charge in [0.2, 0.25) is 0 Å². The molecule has 2 atom stereocenters. The van der Waals surface area contributed by atoms with Crippen LogP contribution in [0.2, 0.25) is 0 Å². The molecule has 3 heterocycles. The molecule has 0 spiro atoms. The number of likely N-dealkylation sites (tertiary alicyclic amines) is 1. The first-order valence-electron chi connectivity index (χ1n) is 8.29. The molecule has 3 rings (SSSR count). The highest BCUT2D eigenvalue weighted by Crippen LogP contribution is 2.22. The minimum absolute atomic E-state index is 0.152. The zero-order chi connectivity index (χ0) is 16.6. The molecule has 0 aromatic carbocycles. The number of rotatable bonds is 2. The van der Waals surface area contributed by atoms with Crippen LogP contribution in [-0.2, 0) is 6.54 Å². The molecule has 1 saturated heterocycles. The maximum atomic E-state index is 12.9. The average molecular weight is 313 g/mol. The Hall–Kier alpha value is -2.17. The summed E-state index contributed by atoms with van der Waals surface area (Å²) in [6.45, 7) is 8.16. The summed E-state index contributed by atoms with van der Waals surface area (Å²) < 4.78 is 1.58. The lowest BCUT2D eigenvalue weighted by molar-refractivity contribution is 0.0621. The Balaban J connectivity index is 2.07. The highest BCUT2D eigenvalue weighted by atomic mass is 16.2. The number of amides is 1. The van der Waals surface area contributed by atoms with Gasteiger partial charge in [-0.15, -0.1) is 0 Å². The molecule has 2 unspecified atom stereocenters. The molecule has 0 bridgehead atoms. The number of pyridine rings is 2. The van der Waals surface area contributed by atoms with Gasteiger partial charge in [-0.3, -0.25) is 14.2 Å². The summed E-state index contributed by atoms with van der Waals surface area (Å²) in [5.41, 5.74) is 0.653. The summed E-state index contributed by atoms with van der Waals surface area (Å²) in [5.74, 6) is 0.790. The molecule has 1 amide bonds. The summed E-state index contributed by atoms with van der Waals surface area (Å²) in [4.78, 5) is 31.8. The van der Waals surface area contributed by atoms with Crippen LogP contribution in [0.4, 0.5) is 0 Å². The largest absolute Gasteiger partial charge is 0.338 e. The van der Waals surface area contributed by atoms with Crippen LogP contribution < -0.4 is 5.56 Å². The maximum Gasteiger partial charge on any atom is 0.265 e. The fraction of sp³-hybridized carbons (Fsp3) is 0.500. The Morgan fingerprint density at radius 2 is 2.00 bits per heavy atom. The lowest BCUT2D eigenvalue weighted by Gasteiger charge is -2.35. The normalized spacial score (nSPS) is 21.6. The molecule has 1 aliphatic heterocycles. The number of aromatic nitrogens is 2. The molecule has 2 aromatic heterocycles. The van der Waals surface area contributed by atoms with Crippen LogP contribution in [0.3, 0.4) is 0 Å². The van der Waals surface area contributed by atoms with Crippen molar-refractivity contribution in [2.24, 2.45) is 11.8 Å². The Kier molecular flexibility index (Phi) is 4.20. The fourth-order valence-corrected chi connectivity index (χ4v) is 3.65. The lowest BCUT2D eigenvalue weighted by Crippen LogP contribution is -2.44. The van der Waals surface area contributed by atoms with E-state index in [9.17, 15) is 9.59 Å². The zero-order valence-corrected chi connectivity index (χ0v) is 14.0. The van der Waals surface area contributed by atoms with Gasteiger partial charge < -0.3 is 4.90 Å². The molecule has 2 aromatic rings. The average Bonchev–Trinajstić information content (AvgIpc) is 2.53. The number of fused-ring (bicyclic) bond motifs is 1. The van der Waals surface area contributed by atoms with E-state index in [2.05, 4.69) is 18.8 Å². The number of carbonyl (C=O) groups is 1. The van der Waals surface area contributed by atoms with Gasteiger partial charge >= 0.3 is 0 Å². The molecule has 5 nitrogen and oxygen atoms in total. The van der Waals surface area contributed by atoms with E-state index in [-0.39, 0.29) is 17.0 Å². The van der Waals surface area contributed by atoms with Crippen molar-refractivity contribution in [1.29, 1.82) is 0 Å². The molecular formula is C18H23N3O2. The minimum Gasteiger partial charge on any atom is -0.338 e. The van der Waals surface area contributed by atoms with Gasteiger partial charge in [-0.25, -0.2) is 4.98 Å². The lowest BCUT2D eigenvalue weighted by atomic mass is 9.91.